The Bertz CT molecular complexity index is 1500. The number of rotatable bonds is 9. The van der Waals surface area contributed by atoms with E-state index in [2.05, 4.69) is 10.6 Å². The van der Waals surface area contributed by atoms with E-state index in [0.29, 0.717) is 35.8 Å². The van der Waals surface area contributed by atoms with Gasteiger partial charge in [0.2, 0.25) is 11.8 Å². The zero-order valence-electron chi connectivity index (χ0n) is 22.6. The number of carbonyl (C=O) groups is 4. The maximum absolute atomic E-state index is 13.2. The van der Waals surface area contributed by atoms with Crippen molar-refractivity contribution in [2.75, 3.05) is 23.8 Å². The lowest BCUT2D eigenvalue weighted by Crippen LogP contribution is -2.34. The van der Waals surface area contributed by atoms with Crippen molar-refractivity contribution in [3.05, 3.63) is 80.2 Å². The van der Waals surface area contributed by atoms with Gasteiger partial charge in [-0.05, 0) is 56.2 Å². The summed E-state index contributed by atoms with van der Waals surface area (Å²) in [6.07, 6.45) is 0.498. The summed E-state index contributed by atoms with van der Waals surface area (Å²) < 4.78 is 5.26. The molecule has 1 atom stereocenters. The highest BCUT2D eigenvalue weighted by Crippen LogP contribution is 2.38. The van der Waals surface area contributed by atoms with Gasteiger partial charge in [0.1, 0.15) is 5.00 Å². The lowest BCUT2D eigenvalue weighted by atomic mass is 10.0. The van der Waals surface area contributed by atoms with Crippen LogP contribution in [0.1, 0.15) is 51.9 Å². The molecular formula is C28H28N4O7S2. The van der Waals surface area contributed by atoms with Crippen LogP contribution < -0.4 is 10.6 Å². The first-order valence-corrected chi connectivity index (χ1v) is 14.5. The fourth-order valence-corrected chi connectivity index (χ4v) is 6.42. The minimum absolute atomic E-state index is 0.0523. The van der Waals surface area contributed by atoms with Crippen molar-refractivity contribution in [3.63, 3.8) is 0 Å². The van der Waals surface area contributed by atoms with Gasteiger partial charge >= 0.3 is 5.97 Å². The zero-order valence-corrected chi connectivity index (χ0v) is 24.2. The van der Waals surface area contributed by atoms with Crippen LogP contribution in [-0.2, 0) is 27.3 Å². The van der Waals surface area contributed by atoms with Gasteiger partial charge in [0, 0.05) is 46.6 Å². The highest BCUT2D eigenvalue weighted by atomic mass is 32.2. The van der Waals surface area contributed by atoms with Gasteiger partial charge in [0.05, 0.1) is 28.9 Å². The summed E-state index contributed by atoms with van der Waals surface area (Å²) >= 11 is 2.55. The van der Waals surface area contributed by atoms with E-state index in [1.54, 1.807) is 43.0 Å². The van der Waals surface area contributed by atoms with Gasteiger partial charge in [-0.15, -0.1) is 23.1 Å². The summed E-state index contributed by atoms with van der Waals surface area (Å²) in [6, 6.07) is 12.3. The molecule has 214 valence electrons. The maximum atomic E-state index is 13.2. The fourth-order valence-electron chi connectivity index (χ4n) is 4.24. The fraction of sp³-hybridized carbons (Fsp3) is 0.286. The molecule has 1 aliphatic rings. The number of hydrogen-bond acceptors (Lipinski definition) is 9. The van der Waals surface area contributed by atoms with Crippen molar-refractivity contribution < 1.29 is 28.8 Å². The predicted octanol–water partition coefficient (Wildman–Crippen LogP) is 5.11. The summed E-state index contributed by atoms with van der Waals surface area (Å²) in [5.74, 6) is -1.30. The SMILES string of the molecule is CCOC(=O)c1c(NC(=O)C(C)Sc2cccc(NC(=O)c3ccc([N+](=O)[O-])cc3)c2)sc2c1CCN(C(C)=O)C2. The molecule has 2 heterocycles. The van der Waals surface area contributed by atoms with Crippen molar-refractivity contribution in [2.45, 2.75) is 43.9 Å². The molecule has 1 unspecified atom stereocenters. The van der Waals surface area contributed by atoms with E-state index in [4.69, 9.17) is 4.74 Å². The molecule has 1 aliphatic heterocycles. The smallest absolute Gasteiger partial charge is 0.341 e. The summed E-state index contributed by atoms with van der Waals surface area (Å²) in [4.78, 5) is 64.1. The first kappa shape index (κ1) is 29.7. The van der Waals surface area contributed by atoms with E-state index in [-0.39, 0.29) is 29.7 Å². The number of nitro groups is 1. The molecule has 3 aromatic rings. The minimum atomic E-state index is -0.557. The third kappa shape index (κ3) is 7.11. The number of thiophene rings is 1. The molecule has 3 amide bonds. The molecule has 0 saturated heterocycles. The van der Waals surface area contributed by atoms with Gasteiger partial charge in [0.25, 0.3) is 11.6 Å². The average molecular weight is 597 g/mol. The molecule has 1 aromatic heterocycles. The van der Waals surface area contributed by atoms with Crippen LogP contribution in [0.25, 0.3) is 0 Å². The average Bonchev–Trinajstić information content (AvgIpc) is 3.30. The van der Waals surface area contributed by atoms with Crippen LogP contribution in [0.3, 0.4) is 0 Å². The minimum Gasteiger partial charge on any atom is -0.462 e. The Hall–Kier alpha value is -4.23. The van der Waals surface area contributed by atoms with Crippen molar-refractivity contribution in [3.8, 4) is 0 Å². The molecule has 0 spiro atoms. The van der Waals surface area contributed by atoms with Crippen LogP contribution in [0.5, 0.6) is 0 Å². The van der Waals surface area contributed by atoms with Crippen molar-refractivity contribution in [2.24, 2.45) is 0 Å². The molecular weight excluding hydrogens is 568 g/mol. The molecule has 41 heavy (non-hydrogen) atoms. The molecule has 0 radical (unpaired) electrons. The number of carbonyl (C=O) groups excluding carboxylic acids is 4. The van der Waals surface area contributed by atoms with Gasteiger partial charge in [-0.2, -0.15) is 0 Å². The number of nitro benzene ring substituents is 1. The molecule has 0 saturated carbocycles. The Balaban J connectivity index is 1.44. The summed E-state index contributed by atoms with van der Waals surface area (Å²) in [7, 11) is 0. The Labute approximate surface area is 244 Å². The number of benzene rings is 2. The Morgan fingerprint density at radius 2 is 1.88 bits per heavy atom. The van der Waals surface area contributed by atoms with Gasteiger partial charge in [-0.25, -0.2) is 4.79 Å². The predicted molar refractivity (Wildman–Crippen MR) is 157 cm³/mol. The molecule has 0 bridgehead atoms. The number of esters is 1. The molecule has 13 heteroatoms. The van der Waals surface area contributed by atoms with E-state index in [1.807, 2.05) is 0 Å². The highest BCUT2D eigenvalue weighted by Gasteiger charge is 2.31. The van der Waals surface area contributed by atoms with Gasteiger partial charge in [-0.3, -0.25) is 24.5 Å². The number of hydrogen-bond donors (Lipinski definition) is 2. The first-order valence-electron chi connectivity index (χ1n) is 12.8. The Morgan fingerprint density at radius 1 is 1.15 bits per heavy atom. The Morgan fingerprint density at radius 3 is 2.54 bits per heavy atom. The standard InChI is InChI=1S/C28H28N4O7S2/c1-4-39-28(36)24-22-12-13-31(17(3)33)15-23(22)41-27(24)30-25(34)16(2)40-21-7-5-6-19(14-21)29-26(35)18-8-10-20(11-9-18)32(37)38/h5-11,14,16H,4,12-13,15H2,1-3H3,(H,29,35)(H,30,34). The van der Waals surface area contributed by atoms with Crippen LogP contribution in [-0.4, -0.2) is 51.9 Å². The number of nitrogens with one attached hydrogen (secondary N) is 2. The number of ether oxygens (including phenoxy) is 1. The van der Waals surface area contributed by atoms with Crippen molar-refractivity contribution >= 4 is 63.2 Å². The quantitative estimate of drug-likeness (QED) is 0.150. The number of nitrogens with zero attached hydrogens (tertiary/aromatic N) is 2. The van der Waals surface area contributed by atoms with Crippen LogP contribution in [0.2, 0.25) is 0 Å². The molecule has 0 aliphatic carbocycles. The van der Waals surface area contributed by atoms with Gasteiger partial charge < -0.3 is 20.3 Å². The zero-order chi connectivity index (χ0) is 29.7. The lowest BCUT2D eigenvalue weighted by Gasteiger charge is -2.25. The summed E-state index contributed by atoms with van der Waals surface area (Å²) in [5, 5.41) is 16.3. The van der Waals surface area contributed by atoms with Crippen LogP contribution in [0, 0.1) is 10.1 Å². The monoisotopic (exact) mass is 596 g/mol. The Kier molecular flexibility index (Phi) is 9.40. The first-order chi connectivity index (χ1) is 19.6. The molecule has 2 aromatic carbocycles. The second-order valence-corrected chi connectivity index (χ2v) is 11.7. The highest BCUT2D eigenvalue weighted by molar-refractivity contribution is 8.00. The number of fused-ring (bicyclic) bond motifs is 1. The maximum Gasteiger partial charge on any atom is 0.341 e. The molecule has 0 fully saturated rings. The molecule has 2 N–H and O–H groups in total. The second kappa shape index (κ2) is 13.0. The molecule has 4 rings (SSSR count). The normalized spacial score (nSPS) is 13.1. The van der Waals surface area contributed by atoms with E-state index >= 15 is 0 Å². The van der Waals surface area contributed by atoms with E-state index in [1.165, 1.54) is 54.3 Å². The second-order valence-electron chi connectivity index (χ2n) is 9.15. The summed E-state index contributed by atoms with van der Waals surface area (Å²) in [6.45, 7) is 6.01. The van der Waals surface area contributed by atoms with Crippen molar-refractivity contribution in [1.82, 2.24) is 4.90 Å². The topological polar surface area (TPSA) is 148 Å². The summed E-state index contributed by atoms with van der Waals surface area (Å²) in [5.41, 5.74) is 1.80. The van der Waals surface area contributed by atoms with Crippen LogP contribution in [0.15, 0.2) is 53.4 Å². The van der Waals surface area contributed by atoms with Crippen LogP contribution in [0.4, 0.5) is 16.4 Å². The number of amides is 3. The number of thioether (sulfide) groups is 1. The van der Waals surface area contributed by atoms with E-state index in [0.717, 1.165) is 15.3 Å². The molecule has 11 nitrogen and oxygen atoms in total. The van der Waals surface area contributed by atoms with Gasteiger partial charge in [0.15, 0.2) is 0 Å². The third-order valence-corrected chi connectivity index (χ3v) is 8.56. The largest absolute Gasteiger partial charge is 0.462 e. The van der Waals surface area contributed by atoms with E-state index < -0.39 is 22.0 Å². The lowest BCUT2D eigenvalue weighted by molar-refractivity contribution is -0.384. The third-order valence-electron chi connectivity index (χ3n) is 6.33. The number of anilines is 2. The van der Waals surface area contributed by atoms with Crippen molar-refractivity contribution in [1.29, 1.82) is 0 Å². The number of non-ortho nitro benzene ring substituents is 1. The van der Waals surface area contributed by atoms with Gasteiger partial charge in [-0.1, -0.05) is 6.07 Å². The van der Waals surface area contributed by atoms with E-state index in [9.17, 15) is 29.3 Å². The van der Waals surface area contributed by atoms with Crippen LogP contribution >= 0.6 is 23.1 Å².